The number of unbranched alkanes of at least 4 members (excludes halogenated alkanes) is 1. The summed E-state index contributed by atoms with van der Waals surface area (Å²) in [5.41, 5.74) is 5.66. The second-order valence-electron chi connectivity index (χ2n) is 21.3. The van der Waals surface area contributed by atoms with E-state index in [1.54, 1.807) is 18.2 Å². The van der Waals surface area contributed by atoms with Crippen molar-refractivity contribution in [1.82, 2.24) is 35.0 Å². The molecule has 4 aliphatic heterocycles. The number of aliphatic hydroxyl groups is 1. The maximum absolute atomic E-state index is 17.2. The number of ether oxygens (including phenoxy) is 5. The second kappa shape index (κ2) is 23.9. The van der Waals surface area contributed by atoms with Gasteiger partial charge in [0.25, 0.3) is 0 Å². The van der Waals surface area contributed by atoms with E-state index in [2.05, 4.69) is 28.6 Å². The van der Waals surface area contributed by atoms with Crippen LogP contribution in [0.1, 0.15) is 109 Å². The third-order valence-corrected chi connectivity index (χ3v) is 15.2. The van der Waals surface area contributed by atoms with Crippen LogP contribution in [0.15, 0.2) is 77.9 Å². The van der Waals surface area contributed by atoms with Gasteiger partial charge in [0, 0.05) is 61.6 Å². The van der Waals surface area contributed by atoms with Crippen molar-refractivity contribution in [3.63, 3.8) is 0 Å². The van der Waals surface area contributed by atoms with Crippen molar-refractivity contribution < 1.29 is 52.0 Å². The number of imidazole rings is 1. The molecule has 4 aliphatic rings. The number of fused-ring (bicyclic) bond motifs is 5. The molecule has 0 spiro atoms. The first kappa shape index (κ1) is 55.1. The average molecular weight is 1060 g/mol. The van der Waals surface area contributed by atoms with Gasteiger partial charge in [-0.3, -0.25) is 19.9 Å². The maximum Gasteiger partial charge on any atom is 0.407 e. The topological polar surface area (TPSA) is 194 Å². The highest BCUT2D eigenvalue weighted by Crippen LogP contribution is 2.48. The van der Waals surface area contributed by atoms with Crippen LogP contribution in [0.3, 0.4) is 0 Å². The number of hydrogen-bond donors (Lipinski definition) is 4. The van der Waals surface area contributed by atoms with Gasteiger partial charge < -0.3 is 53.5 Å². The van der Waals surface area contributed by atoms with Gasteiger partial charge in [-0.05, 0) is 98.7 Å². The van der Waals surface area contributed by atoms with Gasteiger partial charge in [-0.15, -0.1) is 0 Å². The molecule has 6 heterocycles. The number of benzene rings is 3. The lowest BCUT2D eigenvalue weighted by molar-refractivity contribution is -0.145. The highest BCUT2D eigenvalue weighted by molar-refractivity contribution is 6.00. The van der Waals surface area contributed by atoms with Gasteiger partial charge in [0.15, 0.2) is 0 Å². The molecule has 9 rings (SSSR count). The largest absolute Gasteiger partial charge is 0.494 e. The van der Waals surface area contributed by atoms with E-state index in [1.807, 2.05) is 86.9 Å². The average Bonchev–Trinajstić information content (AvgIpc) is 4.41. The number of allylic oxidation sites excluding steroid dienone is 1. The van der Waals surface area contributed by atoms with E-state index in [4.69, 9.17) is 33.7 Å². The number of alkyl halides is 1. The Morgan fingerprint density at radius 3 is 2.45 bits per heavy atom. The van der Waals surface area contributed by atoms with E-state index in [0.29, 0.717) is 78.3 Å². The second-order valence-corrected chi connectivity index (χ2v) is 21.3. The van der Waals surface area contributed by atoms with Crippen LogP contribution >= 0.6 is 0 Å². The van der Waals surface area contributed by atoms with E-state index in [1.165, 1.54) is 25.2 Å². The fraction of sp³-hybridized carbons (Fsp3) is 0.500. The Morgan fingerprint density at radius 1 is 0.922 bits per heavy atom. The number of aromatic nitrogens is 3. The first-order chi connectivity index (χ1) is 37.1. The molecule has 3 aromatic carbocycles. The molecule has 412 valence electrons. The van der Waals surface area contributed by atoms with Crippen LogP contribution in [0.25, 0.3) is 39.1 Å². The van der Waals surface area contributed by atoms with Crippen molar-refractivity contribution in [2.75, 3.05) is 47.6 Å². The molecule has 0 aliphatic carbocycles. The van der Waals surface area contributed by atoms with E-state index in [0.717, 1.165) is 47.7 Å². The van der Waals surface area contributed by atoms with Crippen LogP contribution in [-0.2, 0) is 23.8 Å². The Hall–Kier alpha value is -6.67. The standard InChI is InChI=1S/C58H72F2N8O9/c1-32(2)51(64-57(71)74-7)54(69)66-20-12-15-46(66)53-61-30-44(63-53)37-26-41(60)50-48-27-38-24-35(17-19-45(38)68(48)56(77-49(50)28-37)36-13-11-14-40(25-36)76-22-10-9-21-73-6)43-23-34(5)16-18-42(62-43)47-29-39(59)31-67(47)55(70)52(33(3)4)65-58(72)75-8/h11,13-14,17,19,23-28,30,32-34,39,46-47,51-52,56-57,64,71H,9-10,12,15-16,18,20-22,29,31H2,1-8H3,(H,61,63)(H,65,72). The number of H-pyrrole nitrogens is 1. The summed E-state index contributed by atoms with van der Waals surface area (Å²) in [6.07, 6.45) is 4.15. The summed E-state index contributed by atoms with van der Waals surface area (Å²) < 4.78 is 62.9. The van der Waals surface area contributed by atoms with Gasteiger partial charge in [0.1, 0.15) is 35.4 Å². The minimum atomic E-state index is -1.31. The van der Waals surface area contributed by atoms with E-state index < -0.39 is 48.8 Å². The molecule has 8 unspecified atom stereocenters. The van der Waals surface area contributed by atoms with Crippen LogP contribution in [0, 0.1) is 23.6 Å². The Labute approximate surface area is 448 Å². The van der Waals surface area contributed by atoms with Crippen molar-refractivity contribution in [2.45, 2.75) is 123 Å². The third kappa shape index (κ3) is 11.8. The Bertz CT molecular complexity index is 3010. The van der Waals surface area contributed by atoms with Gasteiger partial charge in [0.2, 0.25) is 24.5 Å². The molecule has 2 saturated heterocycles. The summed E-state index contributed by atoms with van der Waals surface area (Å²) in [4.78, 5) is 57.0. The van der Waals surface area contributed by atoms with Crippen molar-refractivity contribution in [2.24, 2.45) is 22.7 Å². The zero-order chi connectivity index (χ0) is 54.7. The Morgan fingerprint density at radius 2 is 1.70 bits per heavy atom. The van der Waals surface area contributed by atoms with E-state index >= 15 is 8.78 Å². The molecule has 0 bridgehead atoms. The van der Waals surface area contributed by atoms with Crippen LogP contribution in [0.2, 0.25) is 0 Å². The molecule has 19 heteroatoms. The van der Waals surface area contributed by atoms with Gasteiger partial charge in [-0.1, -0.05) is 58.9 Å². The Balaban J connectivity index is 1.07. The molecule has 2 fully saturated rings. The lowest BCUT2D eigenvalue weighted by Gasteiger charge is -2.31. The van der Waals surface area contributed by atoms with E-state index in [-0.39, 0.29) is 54.1 Å². The predicted octanol–water partition coefficient (Wildman–Crippen LogP) is 9.31. The fourth-order valence-corrected chi connectivity index (χ4v) is 11.1. The fourth-order valence-electron chi connectivity index (χ4n) is 11.1. The molecule has 0 saturated carbocycles. The van der Waals surface area contributed by atoms with Gasteiger partial charge in [0.05, 0.1) is 72.7 Å². The molecule has 0 radical (unpaired) electrons. The number of aliphatic imine (C=N–C) groups is 1. The SMILES string of the molecule is COCCCCOc1cccc(C2Oc3cc(-c4cnc(C5CCCN5C(=O)C(NC(O)OC)C(C)C)[nH]4)cc(F)c3-c3cc4cc(C5=CC(C)CCC(C6CC(F)CN6C(=O)C(NC(=O)OC)C(C)C)=N5)ccc4n32)c1. The minimum Gasteiger partial charge on any atom is -0.494 e. The molecule has 2 aromatic heterocycles. The number of aromatic amines is 1. The third-order valence-electron chi connectivity index (χ3n) is 15.2. The number of likely N-dealkylation sites (tertiary alicyclic amines) is 2. The van der Waals surface area contributed by atoms with Crippen LogP contribution in [0.5, 0.6) is 11.5 Å². The van der Waals surface area contributed by atoms with Crippen molar-refractivity contribution in [3.8, 4) is 34.0 Å². The number of carbonyl (C=O) groups excluding carboxylic acids is 3. The first-order valence-electron chi connectivity index (χ1n) is 26.9. The molecule has 3 amide bonds. The molecule has 5 aromatic rings. The molecular weight excluding hydrogens is 991 g/mol. The summed E-state index contributed by atoms with van der Waals surface area (Å²) in [5, 5.41) is 16.5. The highest BCUT2D eigenvalue weighted by Gasteiger charge is 2.43. The number of hydrogen-bond acceptors (Lipinski definition) is 12. The summed E-state index contributed by atoms with van der Waals surface area (Å²) in [5.74, 6) is 0.155. The number of rotatable bonds is 19. The number of nitrogens with one attached hydrogen (secondary N) is 3. The Kier molecular flexibility index (Phi) is 17.1. The molecule has 77 heavy (non-hydrogen) atoms. The quantitative estimate of drug-likeness (QED) is 0.0455. The predicted molar refractivity (Wildman–Crippen MR) is 288 cm³/mol. The van der Waals surface area contributed by atoms with E-state index in [9.17, 15) is 19.5 Å². The van der Waals surface area contributed by atoms with Gasteiger partial charge in [-0.25, -0.2) is 18.6 Å². The zero-order valence-electron chi connectivity index (χ0n) is 45.2. The number of aliphatic hydroxyl groups excluding tert-OH is 1. The minimum absolute atomic E-state index is 0.0925. The maximum atomic E-state index is 17.2. The number of halogens is 2. The number of methoxy groups -OCH3 is 3. The number of carbonyl (C=O) groups is 3. The monoisotopic (exact) mass is 1060 g/mol. The smallest absolute Gasteiger partial charge is 0.407 e. The molecule has 17 nitrogen and oxygen atoms in total. The number of alkyl carbamates (subject to hydrolysis) is 1. The molecule has 8 atom stereocenters. The number of nitrogens with zero attached hydrogens (tertiary/aromatic N) is 5. The van der Waals surface area contributed by atoms with Crippen molar-refractivity contribution >= 4 is 40.2 Å². The lowest BCUT2D eigenvalue weighted by atomic mass is 9.97. The van der Waals surface area contributed by atoms with Gasteiger partial charge >= 0.3 is 6.09 Å². The summed E-state index contributed by atoms with van der Waals surface area (Å²) in [7, 11) is 4.27. The molecule has 4 N–H and O–H groups in total. The number of amides is 3. The van der Waals surface area contributed by atoms with Crippen LogP contribution in [-0.4, -0.2) is 131 Å². The summed E-state index contributed by atoms with van der Waals surface area (Å²) in [6.45, 7) is 11.1. The lowest BCUT2D eigenvalue weighted by Crippen LogP contribution is -2.53. The van der Waals surface area contributed by atoms with Gasteiger partial charge in [-0.2, -0.15) is 0 Å². The van der Waals surface area contributed by atoms with Crippen molar-refractivity contribution in [1.29, 1.82) is 0 Å². The van der Waals surface area contributed by atoms with Crippen molar-refractivity contribution in [3.05, 3.63) is 95.7 Å². The summed E-state index contributed by atoms with van der Waals surface area (Å²) >= 11 is 0. The first-order valence-corrected chi connectivity index (χ1v) is 26.9. The zero-order valence-corrected chi connectivity index (χ0v) is 45.2. The van der Waals surface area contributed by atoms with Crippen LogP contribution in [0.4, 0.5) is 13.6 Å². The normalized spacial score (nSPS) is 21.5. The van der Waals surface area contributed by atoms with Crippen LogP contribution < -0.4 is 20.1 Å². The molecular formula is C58H72F2N8O9. The summed E-state index contributed by atoms with van der Waals surface area (Å²) in [6, 6.07) is 16.4. The highest BCUT2D eigenvalue weighted by atomic mass is 19.1.